The molecule has 6 heteroatoms. The molecule has 0 unspecified atom stereocenters. The molecule has 1 fully saturated rings. The number of carbonyl (C=O) groups excluding carboxylic acids is 1. The molecule has 1 aliphatic rings. The van der Waals surface area contributed by atoms with Gasteiger partial charge in [0.1, 0.15) is 10.8 Å². The van der Waals surface area contributed by atoms with Crippen LogP contribution in [-0.2, 0) is 0 Å². The average Bonchev–Trinajstić information content (AvgIpc) is 3.23. The molecule has 1 saturated carbocycles. The van der Waals surface area contributed by atoms with Crippen LogP contribution in [0.1, 0.15) is 49.2 Å². The topological polar surface area (TPSA) is 54.0 Å². The number of hydrogen-bond acceptors (Lipinski definition) is 3. The van der Waals surface area contributed by atoms with E-state index >= 15 is 0 Å². The molecule has 4 nitrogen and oxygen atoms in total. The molecular formula is C19H24FN3OS. The van der Waals surface area contributed by atoms with Crippen LogP contribution in [0.15, 0.2) is 24.3 Å². The number of halogens is 1. The number of benzene rings is 1. The lowest BCUT2D eigenvalue weighted by molar-refractivity contribution is 0.236. The summed E-state index contributed by atoms with van der Waals surface area (Å²) in [4.78, 5) is 17.6. The van der Waals surface area contributed by atoms with Gasteiger partial charge in [-0.1, -0.05) is 25.0 Å². The third-order valence-corrected chi connectivity index (χ3v) is 6.08. The van der Waals surface area contributed by atoms with Crippen molar-refractivity contribution in [3.63, 3.8) is 0 Å². The zero-order chi connectivity index (χ0) is 17.8. The molecule has 0 saturated heterocycles. The highest BCUT2D eigenvalue weighted by Gasteiger charge is 2.20. The quantitative estimate of drug-likeness (QED) is 0.803. The summed E-state index contributed by atoms with van der Waals surface area (Å²) in [7, 11) is 0. The Kier molecular flexibility index (Phi) is 5.68. The van der Waals surface area contributed by atoms with E-state index in [9.17, 15) is 9.18 Å². The fourth-order valence-electron chi connectivity index (χ4n) is 3.32. The normalized spacial score (nSPS) is 16.0. The molecule has 1 atom stereocenters. The lowest BCUT2D eigenvalue weighted by atomic mass is 10.1. The fraction of sp³-hybridized carbons (Fsp3) is 0.474. The molecule has 2 N–H and O–H groups in total. The smallest absolute Gasteiger partial charge is 0.315 e. The molecule has 1 aliphatic carbocycles. The number of hydrogen-bond donors (Lipinski definition) is 2. The van der Waals surface area contributed by atoms with Crippen molar-refractivity contribution in [2.75, 3.05) is 6.54 Å². The van der Waals surface area contributed by atoms with Crippen molar-refractivity contribution in [3.8, 4) is 10.6 Å². The summed E-state index contributed by atoms with van der Waals surface area (Å²) in [6, 6.07) is 6.31. The number of amides is 2. The Morgan fingerprint density at radius 3 is 2.80 bits per heavy atom. The van der Waals surface area contributed by atoms with E-state index in [4.69, 9.17) is 0 Å². The number of nitrogens with one attached hydrogen (secondary N) is 2. The van der Waals surface area contributed by atoms with Crippen LogP contribution in [0, 0.1) is 18.7 Å². The Morgan fingerprint density at radius 1 is 1.36 bits per heavy atom. The maximum absolute atomic E-state index is 14.0. The predicted octanol–water partition coefficient (Wildman–Crippen LogP) is 4.81. The van der Waals surface area contributed by atoms with Gasteiger partial charge in [0, 0.05) is 12.1 Å². The van der Waals surface area contributed by atoms with Gasteiger partial charge in [0.15, 0.2) is 0 Å². The van der Waals surface area contributed by atoms with Gasteiger partial charge in [-0.3, -0.25) is 0 Å². The third kappa shape index (κ3) is 4.37. The lowest BCUT2D eigenvalue weighted by Gasteiger charge is -2.15. The molecule has 3 rings (SSSR count). The van der Waals surface area contributed by atoms with Crippen LogP contribution >= 0.6 is 11.3 Å². The number of urea groups is 1. The first-order chi connectivity index (χ1) is 12.0. The zero-order valence-electron chi connectivity index (χ0n) is 14.6. The summed E-state index contributed by atoms with van der Waals surface area (Å²) < 4.78 is 14.0. The van der Waals surface area contributed by atoms with Gasteiger partial charge in [0.05, 0.1) is 16.6 Å². The highest BCUT2D eigenvalue weighted by molar-refractivity contribution is 7.15. The number of thiazole rings is 1. The van der Waals surface area contributed by atoms with Crippen LogP contribution in [-0.4, -0.2) is 17.6 Å². The highest BCUT2D eigenvalue weighted by Crippen LogP contribution is 2.33. The monoisotopic (exact) mass is 361 g/mol. The van der Waals surface area contributed by atoms with E-state index in [2.05, 4.69) is 15.6 Å². The summed E-state index contributed by atoms with van der Waals surface area (Å²) in [6.07, 6.45) is 4.94. The van der Waals surface area contributed by atoms with Crippen molar-refractivity contribution in [1.82, 2.24) is 15.6 Å². The maximum atomic E-state index is 14.0. The number of aryl methyl sites for hydroxylation is 1. The molecule has 0 aliphatic heterocycles. The van der Waals surface area contributed by atoms with Crippen LogP contribution in [0.3, 0.4) is 0 Å². The summed E-state index contributed by atoms with van der Waals surface area (Å²) >= 11 is 1.43. The van der Waals surface area contributed by atoms with Gasteiger partial charge in [0.25, 0.3) is 0 Å². The molecule has 0 spiro atoms. The van der Waals surface area contributed by atoms with Crippen molar-refractivity contribution in [3.05, 3.63) is 40.7 Å². The Balaban J connectivity index is 1.63. The maximum Gasteiger partial charge on any atom is 0.315 e. The number of aromatic nitrogens is 1. The Bertz CT molecular complexity index is 740. The molecule has 2 aromatic rings. The van der Waals surface area contributed by atoms with Crippen molar-refractivity contribution < 1.29 is 9.18 Å². The molecule has 1 aromatic carbocycles. The second-order valence-electron chi connectivity index (χ2n) is 6.68. The van der Waals surface area contributed by atoms with E-state index in [0.717, 1.165) is 17.1 Å². The molecule has 2 amide bonds. The standard InChI is InChI=1S/C19H24FN3OS/c1-12-17(25-18(22-12)15-9-5-6-10-16(15)20)13(2)23-19(24)21-11-14-7-3-4-8-14/h5-6,9-10,13-14H,3-4,7-8,11H2,1-2H3,(H2,21,23,24)/t13-/m1/s1. The van der Waals surface area contributed by atoms with Crippen molar-refractivity contribution in [2.45, 2.75) is 45.6 Å². The van der Waals surface area contributed by atoms with Crippen molar-refractivity contribution >= 4 is 17.4 Å². The van der Waals surface area contributed by atoms with Crippen molar-refractivity contribution in [1.29, 1.82) is 0 Å². The third-order valence-electron chi connectivity index (χ3n) is 4.70. The molecule has 1 aromatic heterocycles. The highest BCUT2D eigenvalue weighted by atomic mass is 32.1. The predicted molar refractivity (Wildman–Crippen MR) is 99.2 cm³/mol. The summed E-state index contributed by atoms with van der Waals surface area (Å²) in [5, 5.41) is 6.58. The molecule has 134 valence electrons. The van der Waals surface area contributed by atoms with Crippen LogP contribution in [0.2, 0.25) is 0 Å². The second kappa shape index (κ2) is 7.95. The average molecular weight is 361 g/mol. The summed E-state index contributed by atoms with van der Waals surface area (Å²) in [6.45, 7) is 4.56. The van der Waals surface area contributed by atoms with Crippen LogP contribution in [0.4, 0.5) is 9.18 Å². The summed E-state index contributed by atoms with van der Waals surface area (Å²) in [5.41, 5.74) is 1.33. The van der Waals surface area contributed by atoms with Gasteiger partial charge in [-0.15, -0.1) is 11.3 Å². The number of nitrogens with zero attached hydrogens (tertiary/aromatic N) is 1. The van der Waals surface area contributed by atoms with E-state index in [1.165, 1.54) is 43.1 Å². The minimum atomic E-state index is -0.280. The zero-order valence-corrected chi connectivity index (χ0v) is 15.5. The van der Waals surface area contributed by atoms with E-state index in [1.54, 1.807) is 18.2 Å². The molecular weight excluding hydrogens is 337 g/mol. The van der Waals surface area contributed by atoms with Crippen LogP contribution < -0.4 is 10.6 Å². The molecule has 0 bridgehead atoms. The summed E-state index contributed by atoms with van der Waals surface area (Å²) in [5.74, 6) is 0.330. The van der Waals surface area contributed by atoms with Gasteiger partial charge in [-0.05, 0) is 44.7 Å². The van der Waals surface area contributed by atoms with Crippen LogP contribution in [0.25, 0.3) is 10.6 Å². The number of rotatable bonds is 5. The van der Waals surface area contributed by atoms with Crippen molar-refractivity contribution in [2.24, 2.45) is 5.92 Å². The molecule has 25 heavy (non-hydrogen) atoms. The van der Waals surface area contributed by atoms with Gasteiger partial charge in [0.2, 0.25) is 0 Å². The minimum Gasteiger partial charge on any atom is -0.338 e. The van der Waals surface area contributed by atoms with Crippen LogP contribution in [0.5, 0.6) is 0 Å². The number of carbonyl (C=O) groups is 1. The van der Waals surface area contributed by atoms with E-state index in [-0.39, 0.29) is 17.9 Å². The van der Waals surface area contributed by atoms with Gasteiger partial charge in [-0.2, -0.15) is 0 Å². The Labute approximate surface area is 151 Å². The lowest BCUT2D eigenvalue weighted by Crippen LogP contribution is -2.39. The first-order valence-corrected chi connectivity index (χ1v) is 9.63. The van der Waals surface area contributed by atoms with Gasteiger partial charge >= 0.3 is 6.03 Å². The Morgan fingerprint density at radius 2 is 2.08 bits per heavy atom. The largest absolute Gasteiger partial charge is 0.338 e. The molecule has 1 heterocycles. The van der Waals surface area contributed by atoms with Gasteiger partial charge < -0.3 is 10.6 Å². The van der Waals surface area contributed by atoms with E-state index in [0.29, 0.717) is 16.5 Å². The van der Waals surface area contributed by atoms with Gasteiger partial charge in [-0.25, -0.2) is 14.2 Å². The van der Waals surface area contributed by atoms with E-state index < -0.39 is 0 Å². The fourth-order valence-corrected chi connectivity index (χ4v) is 4.42. The first kappa shape index (κ1) is 17.9. The minimum absolute atomic E-state index is 0.153. The van der Waals surface area contributed by atoms with E-state index in [1.807, 2.05) is 13.8 Å². The SMILES string of the molecule is Cc1nc(-c2ccccc2F)sc1[C@@H](C)NC(=O)NCC1CCCC1. The second-order valence-corrected chi connectivity index (χ2v) is 7.71. The Hall–Kier alpha value is -1.95. The molecule has 0 radical (unpaired) electrons. The first-order valence-electron chi connectivity index (χ1n) is 8.81.